The molecule has 4 heteroatoms. The Morgan fingerprint density at radius 3 is 2.76 bits per heavy atom. The standard InChI is InChI=1S/C13H13N3O/c1-10-7-14-12(6-13(10)17-3)5-4-11-8-15-16(2)9-11/h6-9H,1-3H3. The molecule has 0 aliphatic rings. The molecule has 2 heterocycles. The Morgan fingerprint density at radius 2 is 2.12 bits per heavy atom. The minimum atomic E-state index is 0.691. The number of nitrogens with zero attached hydrogens (tertiary/aromatic N) is 3. The highest BCUT2D eigenvalue weighted by atomic mass is 16.5. The number of hydrogen-bond acceptors (Lipinski definition) is 3. The van der Waals surface area contributed by atoms with E-state index in [2.05, 4.69) is 21.9 Å². The second-order valence-corrected chi connectivity index (χ2v) is 3.69. The zero-order valence-electron chi connectivity index (χ0n) is 10.1. The molecule has 0 atom stereocenters. The molecule has 86 valence electrons. The molecule has 0 fully saturated rings. The van der Waals surface area contributed by atoms with Gasteiger partial charge in [-0.2, -0.15) is 5.10 Å². The summed E-state index contributed by atoms with van der Waals surface area (Å²) < 4.78 is 6.93. The van der Waals surface area contributed by atoms with Crippen molar-refractivity contribution in [3.8, 4) is 17.6 Å². The van der Waals surface area contributed by atoms with E-state index in [0.29, 0.717) is 5.69 Å². The van der Waals surface area contributed by atoms with E-state index >= 15 is 0 Å². The van der Waals surface area contributed by atoms with E-state index in [4.69, 9.17) is 4.74 Å². The van der Waals surface area contributed by atoms with Gasteiger partial charge in [0.1, 0.15) is 11.4 Å². The fourth-order valence-corrected chi connectivity index (χ4v) is 1.42. The highest BCUT2D eigenvalue weighted by Crippen LogP contribution is 2.16. The fourth-order valence-electron chi connectivity index (χ4n) is 1.42. The van der Waals surface area contributed by atoms with Crippen LogP contribution < -0.4 is 4.74 Å². The van der Waals surface area contributed by atoms with Crippen LogP contribution in [0, 0.1) is 18.8 Å². The second-order valence-electron chi connectivity index (χ2n) is 3.69. The minimum absolute atomic E-state index is 0.691. The zero-order chi connectivity index (χ0) is 12.3. The molecule has 0 N–H and O–H groups in total. The average Bonchev–Trinajstić information content (AvgIpc) is 2.74. The molecule has 2 rings (SSSR count). The van der Waals surface area contributed by atoms with Crippen molar-refractivity contribution in [1.29, 1.82) is 0 Å². The molecule has 0 spiro atoms. The largest absolute Gasteiger partial charge is 0.496 e. The molecule has 0 bridgehead atoms. The van der Waals surface area contributed by atoms with Gasteiger partial charge in [0.15, 0.2) is 0 Å². The molecule has 0 saturated heterocycles. The SMILES string of the molecule is COc1cc(C#Cc2cnn(C)c2)ncc1C. The number of ether oxygens (including phenoxy) is 1. The molecule has 0 aromatic carbocycles. The molecule has 4 nitrogen and oxygen atoms in total. The third-order valence-corrected chi connectivity index (χ3v) is 2.31. The monoisotopic (exact) mass is 227 g/mol. The summed E-state index contributed by atoms with van der Waals surface area (Å²) in [4.78, 5) is 4.23. The van der Waals surface area contributed by atoms with E-state index in [1.54, 1.807) is 24.2 Å². The molecule has 17 heavy (non-hydrogen) atoms. The van der Waals surface area contributed by atoms with Crippen molar-refractivity contribution in [2.45, 2.75) is 6.92 Å². The molecule has 0 amide bonds. The maximum Gasteiger partial charge on any atom is 0.126 e. The summed E-state index contributed by atoms with van der Waals surface area (Å²) in [6, 6.07) is 1.83. The molecule has 0 radical (unpaired) electrons. The lowest BCUT2D eigenvalue weighted by Gasteiger charge is -2.02. The predicted molar refractivity (Wildman–Crippen MR) is 64.7 cm³/mol. The third-order valence-electron chi connectivity index (χ3n) is 2.31. The number of rotatable bonds is 1. The molecule has 0 unspecified atom stereocenters. The summed E-state index contributed by atoms with van der Waals surface area (Å²) >= 11 is 0. The summed E-state index contributed by atoms with van der Waals surface area (Å²) in [5.41, 5.74) is 2.56. The zero-order valence-corrected chi connectivity index (χ0v) is 10.1. The molecule has 2 aromatic rings. The van der Waals surface area contributed by atoms with Gasteiger partial charge in [-0.25, -0.2) is 4.98 Å². The second kappa shape index (κ2) is 4.71. The first-order chi connectivity index (χ1) is 8.19. The van der Waals surface area contributed by atoms with Crippen LogP contribution in [0.25, 0.3) is 0 Å². The van der Waals surface area contributed by atoms with E-state index in [-0.39, 0.29) is 0 Å². The first-order valence-electron chi connectivity index (χ1n) is 5.20. The summed E-state index contributed by atoms with van der Waals surface area (Å²) in [6.45, 7) is 1.95. The van der Waals surface area contributed by atoms with Gasteiger partial charge in [-0.1, -0.05) is 5.92 Å². The van der Waals surface area contributed by atoms with Gasteiger partial charge in [0.25, 0.3) is 0 Å². The predicted octanol–water partition coefficient (Wildman–Crippen LogP) is 1.53. The minimum Gasteiger partial charge on any atom is -0.496 e. The van der Waals surface area contributed by atoms with Crippen molar-refractivity contribution < 1.29 is 4.74 Å². The van der Waals surface area contributed by atoms with Crippen molar-refractivity contribution in [2.24, 2.45) is 7.05 Å². The van der Waals surface area contributed by atoms with Crippen LogP contribution in [0.2, 0.25) is 0 Å². The van der Waals surface area contributed by atoms with Crippen LogP contribution in [-0.2, 0) is 7.05 Å². The Morgan fingerprint density at radius 1 is 1.29 bits per heavy atom. The lowest BCUT2D eigenvalue weighted by Crippen LogP contribution is -1.90. The van der Waals surface area contributed by atoms with Crippen molar-refractivity contribution in [1.82, 2.24) is 14.8 Å². The molecule has 0 aliphatic carbocycles. The Kier molecular flexibility index (Phi) is 3.10. The fraction of sp³-hybridized carbons (Fsp3) is 0.231. The Hall–Kier alpha value is -2.28. The number of aromatic nitrogens is 3. The Labute approximate surface area is 100 Å². The molecule has 2 aromatic heterocycles. The van der Waals surface area contributed by atoms with E-state index in [1.807, 2.05) is 26.2 Å². The maximum absolute atomic E-state index is 5.22. The average molecular weight is 227 g/mol. The van der Waals surface area contributed by atoms with Crippen molar-refractivity contribution in [3.63, 3.8) is 0 Å². The lowest BCUT2D eigenvalue weighted by molar-refractivity contribution is 0.411. The summed E-state index contributed by atoms with van der Waals surface area (Å²) in [6.07, 6.45) is 5.34. The number of aryl methyl sites for hydroxylation is 2. The van der Waals surface area contributed by atoms with E-state index in [1.165, 1.54) is 0 Å². The van der Waals surface area contributed by atoms with Crippen LogP contribution in [0.3, 0.4) is 0 Å². The summed E-state index contributed by atoms with van der Waals surface area (Å²) in [7, 11) is 3.50. The van der Waals surface area contributed by atoms with Crippen molar-refractivity contribution in [2.75, 3.05) is 7.11 Å². The van der Waals surface area contributed by atoms with Gasteiger partial charge in [-0.05, 0) is 12.8 Å². The smallest absolute Gasteiger partial charge is 0.126 e. The molecule has 0 aliphatic heterocycles. The maximum atomic E-state index is 5.22. The van der Waals surface area contributed by atoms with Gasteiger partial charge >= 0.3 is 0 Å². The van der Waals surface area contributed by atoms with Crippen LogP contribution in [0.5, 0.6) is 5.75 Å². The number of hydrogen-bond donors (Lipinski definition) is 0. The van der Waals surface area contributed by atoms with Gasteiger partial charge in [0.2, 0.25) is 0 Å². The van der Waals surface area contributed by atoms with Crippen LogP contribution in [0.15, 0.2) is 24.7 Å². The van der Waals surface area contributed by atoms with E-state index in [0.717, 1.165) is 16.9 Å². The van der Waals surface area contributed by atoms with Gasteiger partial charge < -0.3 is 4.74 Å². The van der Waals surface area contributed by atoms with Crippen LogP contribution in [0.1, 0.15) is 16.8 Å². The number of pyridine rings is 1. The van der Waals surface area contributed by atoms with Gasteiger partial charge in [0, 0.05) is 31.1 Å². The number of methoxy groups -OCH3 is 1. The highest BCUT2D eigenvalue weighted by Gasteiger charge is 1.99. The van der Waals surface area contributed by atoms with Crippen molar-refractivity contribution >= 4 is 0 Å². The van der Waals surface area contributed by atoms with Crippen LogP contribution >= 0.6 is 0 Å². The van der Waals surface area contributed by atoms with Gasteiger partial charge in [-0.3, -0.25) is 4.68 Å². The Bertz CT molecular complexity index is 590. The first kappa shape index (κ1) is 11.2. The van der Waals surface area contributed by atoms with E-state index in [9.17, 15) is 0 Å². The molecule has 0 saturated carbocycles. The van der Waals surface area contributed by atoms with Gasteiger partial charge in [0.05, 0.1) is 18.9 Å². The van der Waals surface area contributed by atoms with Crippen LogP contribution in [-0.4, -0.2) is 21.9 Å². The van der Waals surface area contributed by atoms with Crippen LogP contribution in [0.4, 0.5) is 0 Å². The quantitative estimate of drug-likeness (QED) is 0.694. The van der Waals surface area contributed by atoms with Crippen molar-refractivity contribution in [3.05, 3.63) is 41.5 Å². The highest BCUT2D eigenvalue weighted by molar-refractivity contribution is 5.42. The lowest BCUT2D eigenvalue weighted by atomic mass is 10.2. The first-order valence-corrected chi connectivity index (χ1v) is 5.20. The molecular formula is C13H13N3O. The Balaban J connectivity index is 2.27. The summed E-state index contributed by atoms with van der Waals surface area (Å²) in [5, 5.41) is 4.05. The topological polar surface area (TPSA) is 39.9 Å². The van der Waals surface area contributed by atoms with Gasteiger partial charge in [-0.15, -0.1) is 0 Å². The van der Waals surface area contributed by atoms with E-state index < -0.39 is 0 Å². The third kappa shape index (κ3) is 2.64. The normalized spacial score (nSPS) is 9.59. The summed E-state index contributed by atoms with van der Waals surface area (Å²) in [5.74, 6) is 6.78. The molecular weight excluding hydrogens is 214 g/mol.